The summed E-state index contributed by atoms with van der Waals surface area (Å²) in [7, 11) is 1.62. The normalized spacial score (nSPS) is 21.8. The van der Waals surface area contributed by atoms with Gasteiger partial charge in [0.15, 0.2) is 0 Å². The second kappa shape index (κ2) is 5.12. The summed E-state index contributed by atoms with van der Waals surface area (Å²) >= 11 is 2.17. The lowest BCUT2D eigenvalue weighted by molar-refractivity contribution is 0.251. The zero-order chi connectivity index (χ0) is 12.4. The highest BCUT2D eigenvalue weighted by Gasteiger charge is 2.33. The van der Waals surface area contributed by atoms with Gasteiger partial charge in [0.2, 0.25) is 0 Å². The predicted octanol–water partition coefficient (Wildman–Crippen LogP) is 2.83. The highest BCUT2D eigenvalue weighted by atomic mass is 127. The number of methoxy groups -OCH3 is 1. The van der Waals surface area contributed by atoms with Crippen LogP contribution >= 0.6 is 22.6 Å². The van der Waals surface area contributed by atoms with Gasteiger partial charge in [-0.15, -0.1) is 0 Å². The number of benzene rings is 1. The van der Waals surface area contributed by atoms with Gasteiger partial charge in [0.1, 0.15) is 5.75 Å². The summed E-state index contributed by atoms with van der Waals surface area (Å²) in [5.74, 6) is 1.40. The van der Waals surface area contributed by atoms with Gasteiger partial charge < -0.3 is 15.4 Å². The molecule has 0 aliphatic heterocycles. The van der Waals surface area contributed by atoms with Crippen molar-refractivity contribution in [3.8, 4) is 5.75 Å². The first-order valence-corrected chi connectivity index (χ1v) is 6.59. The number of ether oxygens (including phenoxy) is 1. The summed E-state index contributed by atoms with van der Waals surface area (Å²) in [6.45, 7) is 2.13. The summed E-state index contributed by atoms with van der Waals surface area (Å²) in [6.07, 6.45) is 1.08. The van der Waals surface area contributed by atoms with Crippen LogP contribution in [0.15, 0.2) is 18.2 Å². The summed E-state index contributed by atoms with van der Waals surface area (Å²) in [5.41, 5.74) is 0.803. The molecule has 2 atom stereocenters. The van der Waals surface area contributed by atoms with Crippen LogP contribution in [0.4, 0.5) is 10.5 Å². The average molecular weight is 346 g/mol. The van der Waals surface area contributed by atoms with E-state index in [1.54, 1.807) is 7.11 Å². The minimum absolute atomic E-state index is 0.137. The lowest BCUT2D eigenvalue weighted by Crippen LogP contribution is -2.31. The first-order chi connectivity index (χ1) is 8.10. The molecule has 1 fully saturated rings. The SMILES string of the molecule is COc1ccc(NC(=O)N[C@@H]2C[C@@H]2C)c(I)c1. The Bertz CT molecular complexity index is 437. The Labute approximate surface area is 114 Å². The van der Waals surface area contributed by atoms with Crippen molar-refractivity contribution in [3.63, 3.8) is 0 Å². The van der Waals surface area contributed by atoms with Gasteiger partial charge in [0.25, 0.3) is 0 Å². The Morgan fingerprint density at radius 2 is 2.24 bits per heavy atom. The van der Waals surface area contributed by atoms with Crippen molar-refractivity contribution in [3.05, 3.63) is 21.8 Å². The van der Waals surface area contributed by atoms with Crippen LogP contribution in [0.1, 0.15) is 13.3 Å². The number of anilines is 1. The molecule has 0 saturated heterocycles. The molecule has 0 bridgehead atoms. The van der Waals surface area contributed by atoms with E-state index in [2.05, 4.69) is 40.1 Å². The van der Waals surface area contributed by atoms with Crippen molar-refractivity contribution < 1.29 is 9.53 Å². The van der Waals surface area contributed by atoms with Crippen LogP contribution in [0.5, 0.6) is 5.75 Å². The molecule has 0 radical (unpaired) electrons. The zero-order valence-electron chi connectivity index (χ0n) is 9.79. The summed E-state index contributed by atoms with van der Waals surface area (Å²) in [6, 6.07) is 5.76. The monoisotopic (exact) mass is 346 g/mol. The van der Waals surface area contributed by atoms with Crippen molar-refractivity contribution in [1.82, 2.24) is 5.32 Å². The summed E-state index contributed by atoms with van der Waals surface area (Å²) < 4.78 is 6.07. The predicted molar refractivity (Wildman–Crippen MR) is 75.4 cm³/mol. The van der Waals surface area contributed by atoms with Gasteiger partial charge in [0.05, 0.1) is 12.8 Å². The molecular weight excluding hydrogens is 331 g/mol. The number of hydrogen-bond donors (Lipinski definition) is 2. The fraction of sp³-hybridized carbons (Fsp3) is 0.417. The van der Waals surface area contributed by atoms with E-state index in [-0.39, 0.29) is 6.03 Å². The number of halogens is 1. The summed E-state index contributed by atoms with van der Waals surface area (Å²) in [4.78, 5) is 11.7. The number of rotatable bonds is 3. The largest absolute Gasteiger partial charge is 0.497 e. The zero-order valence-corrected chi connectivity index (χ0v) is 11.9. The van der Waals surface area contributed by atoms with Gasteiger partial charge in [-0.25, -0.2) is 4.79 Å². The molecule has 1 aromatic rings. The molecule has 17 heavy (non-hydrogen) atoms. The smallest absolute Gasteiger partial charge is 0.319 e. The lowest BCUT2D eigenvalue weighted by atomic mass is 10.3. The second-order valence-corrected chi connectivity index (χ2v) is 5.43. The molecule has 1 aliphatic carbocycles. The molecular formula is C12H15IN2O2. The molecule has 0 spiro atoms. The van der Waals surface area contributed by atoms with E-state index in [1.807, 2.05) is 18.2 Å². The van der Waals surface area contributed by atoms with Crippen LogP contribution in [-0.4, -0.2) is 19.2 Å². The van der Waals surface area contributed by atoms with Crippen molar-refractivity contribution >= 4 is 34.3 Å². The first kappa shape index (κ1) is 12.5. The third kappa shape index (κ3) is 3.24. The van der Waals surface area contributed by atoms with Crippen molar-refractivity contribution in [1.29, 1.82) is 0 Å². The van der Waals surface area contributed by atoms with E-state index in [4.69, 9.17) is 4.74 Å². The highest BCUT2D eigenvalue weighted by molar-refractivity contribution is 14.1. The third-order valence-electron chi connectivity index (χ3n) is 2.85. The molecule has 4 nitrogen and oxygen atoms in total. The first-order valence-electron chi connectivity index (χ1n) is 5.51. The van der Waals surface area contributed by atoms with Crippen LogP contribution in [0, 0.1) is 9.49 Å². The molecule has 0 aromatic heterocycles. The minimum Gasteiger partial charge on any atom is -0.497 e. The summed E-state index contributed by atoms with van der Waals surface area (Å²) in [5, 5.41) is 5.76. The Kier molecular flexibility index (Phi) is 3.76. The molecule has 2 amide bonds. The Morgan fingerprint density at radius 1 is 1.53 bits per heavy atom. The minimum atomic E-state index is -0.137. The topological polar surface area (TPSA) is 50.4 Å². The van der Waals surface area contributed by atoms with E-state index >= 15 is 0 Å². The fourth-order valence-corrected chi connectivity index (χ4v) is 2.20. The van der Waals surface area contributed by atoms with Gasteiger partial charge in [-0.2, -0.15) is 0 Å². The maximum atomic E-state index is 11.7. The van der Waals surface area contributed by atoms with Gasteiger partial charge in [-0.05, 0) is 53.1 Å². The highest BCUT2D eigenvalue weighted by Crippen LogP contribution is 2.29. The van der Waals surface area contributed by atoms with Crippen molar-refractivity contribution in [2.24, 2.45) is 5.92 Å². The van der Waals surface area contributed by atoms with E-state index in [1.165, 1.54) is 0 Å². The Balaban J connectivity index is 1.95. The standard InChI is InChI=1S/C12H15IN2O2/c1-7-5-11(7)15-12(16)14-10-4-3-8(17-2)6-9(10)13/h3-4,6-7,11H,5H2,1-2H3,(H2,14,15,16)/t7-,11+/m0/s1. The number of urea groups is 1. The van der Waals surface area contributed by atoms with Crippen LogP contribution in [0.25, 0.3) is 0 Å². The molecule has 92 valence electrons. The fourth-order valence-electron chi connectivity index (χ4n) is 1.57. The van der Waals surface area contributed by atoms with Gasteiger partial charge in [-0.3, -0.25) is 0 Å². The van der Waals surface area contributed by atoms with E-state index < -0.39 is 0 Å². The Hall–Kier alpha value is -0.980. The molecule has 0 unspecified atom stereocenters. The number of nitrogens with one attached hydrogen (secondary N) is 2. The Morgan fingerprint density at radius 3 is 2.76 bits per heavy atom. The van der Waals surface area contributed by atoms with E-state index in [0.717, 1.165) is 21.4 Å². The van der Waals surface area contributed by atoms with E-state index in [9.17, 15) is 4.79 Å². The third-order valence-corrected chi connectivity index (χ3v) is 3.74. The second-order valence-electron chi connectivity index (χ2n) is 4.26. The maximum Gasteiger partial charge on any atom is 0.319 e. The van der Waals surface area contributed by atoms with Gasteiger partial charge >= 0.3 is 6.03 Å². The molecule has 1 saturated carbocycles. The van der Waals surface area contributed by atoms with Crippen molar-refractivity contribution in [2.45, 2.75) is 19.4 Å². The van der Waals surface area contributed by atoms with Crippen molar-refractivity contribution in [2.75, 3.05) is 12.4 Å². The number of hydrogen-bond acceptors (Lipinski definition) is 2. The van der Waals surface area contributed by atoms with Crippen LogP contribution in [0.2, 0.25) is 0 Å². The number of carbonyl (C=O) groups excluding carboxylic acids is 1. The average Bonchev–Trinajstić information content (AvgIpc) is 2.97. The molecule has 2 rings (SSSR count). The molecule has 0 heterocycles. The quantitative estimate of drug-likeness (QED) is 0.827. The van der Waals surface area contributed by atoms with Gasteiger partial charge in [0, 0.05) is 9.61 Å². The van der Waals surface area contributed by atoms with Crippen LogP contribution in [-0.2, 0) is 0 Å². The van der Waals surface area contributed by atoms with E-state index in [0.29, 0.717) is 12.0 Å². The molecule has 1 aliphatic rings. The lowest BCUT2D eigenvalue weighted by Gasteiger charge is -2.09. The van der Waals surface area contributed by atoms with Crippen LogP contribution in [0.3, 0.4) is 0 Å². The number of carbonyl (C=O) groups is 1. The maximum absolute atomic E-state index is 11.7. The van der Waals surface area contributed by atoms with Gasteiger partial charge in [-0.1, -0.05) is 6.92 Å². The molecule has 5 heteroatoms. The molecule has 2 N–H and O–H groups in total. The molecule has 1 aromatic carbocycles. The van der Waals surface area contributed by atoms with Crippen LogP contribution < -0.4 is 15.4 Å². The number of amides is 2.